The first kappa shape index (κ1) is 7.04. The van der Waals surface area contributed by atoms with Gasteiger partial charge in [0.1, 0.15) is 0 Å². The lowest BCUT2D eigenvalue weighted by Crippen LogP contribution is -2.25. The molecular formula is C12H17NO. The molecule has 1 aromatic carbocycles. The molecular weight excluding hydrogens is 174 g/mol. The molecule has 0 saturated carbocycles. The Morgan fingerprint density at radius 1 is 1.50 bits per heavy atom. The minimum absolute atomic E-state index is 0.228. The van der Waals surface area contributed by atoms with Gasteiger partial charge in [0.25, 0.3) is 0 Å². The van der Waals surface area contributed by atoms with Gasteiger partial charge in [-0.05, 0) is 12.0 Å². The third-order valence-corrected chi connectivity index (χ3v) is 2.08. The first-order valence-electron chi connectivity index (χ1n) is 6.31. The summed E-state index contributed by atoms with van der Waals surface area (Å²) in [5, 5.41) is 2.57. The van der Waals surface area contributed by atoms with Crippen molar-refractivity contribution in [3.05, 3.63) is 35.9 Å². The summed E-state index contributed by atoms with van der Waals surface area (Å²) in [5.41, 5.74) is 0.937. The fourth-order valence-corrected chi connectivity index (χ4v) is 1.45. The van der Waals surface area contributed by atoms with Gasteiger partial charge in [0.05, 0.1) is 6.04 Å². The van der Waals surface area contributed by atoms with Crippen LogP contribution in [0, 0.1) is 0 Å². The smallest absolute Gasteiger partial charge is 0.217 e. The lowest BCUT2D eigenvalue weighted by molar-refractivity contribution is -0.119. The van der Waals surface area contributed by atoms with Crippen LogP contribution in [0.1, 0.15) is 42.3 Å². The minimum Gasteiger partial charge on any atom is -0.350 e. The highest BCUT2D eigenvalue weighted by atomic mass is 16.1. The molecule has 76 valence electrons. The molecule has 0 heterocycles. The largest absolute Gasteiger partial charge is 0.350 e. The Hall–Kier alpha value is -1.31. The van der Waals surface area contributed by atoms with Gasteiger partial charge in [-0.2, -0.15) is 0 Å². The average molecular weight is 194 g/mol. The van der Waals surface area contributed by atoms with Crippen LogP contribution in [-0.4, -0.2) is 5.91 Å². The summed E-state index contributed by atoms with van der Waals surface area (Å²) in [6, 6.07) is 9.19. The van der Waals surface area contributed by atoms with Gasteiger partial charge in [0.2, 0.25) is 5.91 Å². The Balaban J connectivity index is 2.78. The van der Waals surface area contributed by atoms with Gasteiger partial charge in [-0.1, -0.05) is 43.7 Å². The van der Waals surface area contributed by atoms with Crippen molar-refractivity contribution in [3.8, 4) is 0 Å². The van der Waals surface area contributed by atoms with E-state index in [9.17, 15) is 4.79 Å². The van der Waals surface area contributed by atoms with Gasteiger partial charge in [-0.15, -0.1) is 0 Å². The molecule has 0 unspecified atom stereocenters. The molecule has 14 heavy (non-hydrogen) atoms. The van der Waals surface area contributed by atoms with E-state index in [1.165, 1.54) is 0 Å². The molecule has 1 aromatic rings. The Morgan fingerprint density at radius 2 is 2.21 bits per heavy atom. The number of amides is 1. The van der Waals surface area contributed by atoms with Crippen molar-refractivity contribution in [3.63, 3.8) is 0 Å². The van der Waals surface area contributed by atoms with Crippen molar-refractivity contribution >= 4 is 5.91 Å². The number of carbonyl (C=O) groups is 1. The SMILES string of the molecule is [2H]C([2H])([2H])C(=O)N[C@H](CCC)c1ccccc1. The highest BCUT2D eigenvalue weighted by Crippen LogP contribution is 2.17. The molecule has 1 atom stereocenters. The van der Waals surface area contributed by atoms with Crippen LogP contribution in [0.2, 0.25) is 0 Å². The Labute approximate surface area is 89.5 Å². The molecule has 2 heteroatoms. The van der Waals surface area contributed by atoms with E-state index >= 15 is 0 Å². The zero-order valence-corrected chi connectivity index (χ0v) is 8.29. The summed E-state index contributed by atoms with van der Waals surface area (Å²) < 4.78 is 21.1. The van der Waals surface area contributed by atoms with Gasteiger partial charge in [-0.25, -0.2) is 0 Å². The molecule has 0 spiro atoms. The normalized spacial score (nSPS) is 16.2. The van der Waals surface area contributed by atoms with Crippen molar-refractivity contribution in [2.45, 2.75) is 32.7 Å². The molecule has 0 radical (unpaired) electrons. The number of nitrogens with one attached hydrogen (secondary N) is 1. The molecule has 1 rings (SSSR count). The van der Waals surface area contributed by atoms with Gasteiger partial charge < -0.3 is 5.32 Å². The molecule has 0 bridgehead atoms. The van der Waals surface area contributed by atoms with Gasteiger partial charge in [-0.3, -0.25) is 4.79 Å². The number of rotatable bonds is 4. The minimum atomic E-state index is -2.58. The van der Waals surface area contributed by atoms with Crippen LogP contribution < -0.4 is 5.32 Å². The van der Waals surface area contributed by atoms with E-state index in [1.54, 1.807) is 0 Å². The summed E-state index contributed by atoms with van der Waals surface area (Å²) in [4.78, 5) is 11.4. The first-order valence-corrected chi connectivity index (χ1v) is 4.81. The maximum Gasteiger partial charge on any atom is 0.217 e. The monoisotopic (exact) mass is 194 g/mol. The summed E-state index contributed by atoms with van der Waals surface area (Å²) in [6.07, 6.45) is 1.60. The molecule has 2 nitrogen and oxygen atoms in total. The maximum absolute atomic E-state index is 11.4. The molecule has 0 saturated heterocycles. The quantitative estimate of drug-likeness (QED) is 0.784. The van der Waals surface area contributed by atoms with Crippen molar-refractivity contribution in [2.75, 3.05) is 0 Å². The van der Waals surface area contributed by atoms with Gasteiger partial charge >= 0.3 is 0 Å². The van der Waals surface area contributed by atoms with Gasteiger partial charge in [0, 0.05) is 11.0 Å². The van der Waals surface area contributed by atoms with Crippen LogP contribution in [-0.2, 0) is 4.79 Å². The van der Waals surface area contributed by atoms with Crippen LogP contribution >= 0.6 is 0 Å². The molecule has 0 fully saturated rings. The summed E-state index contributed by atoms with van der Waals surface area (Å²) in [5.74, 6) is -0.889. The van der Waals surface area contributed by atoms with E-state index in [-0.39, 0.29) is 6.04 Å². The van der Waals surface area contributed by atoms with E-state index < -0.39 is 12.8 Å². The molecule has 1 N–H and O–H groups in total. The molecule has 1 amide bonds. The number of benzene rings is 1. The Morgan fingerprint density at radius 3 is 2.79 bits per heavy atom. The van der Waals surface area contributed by atoms with Crippen LogP contribution in [0.25, 0.3) is 0 Å². The van der Waals surface area contributed by atoms with E-state index in [4.69, 9.17) is 4.11 Å². The van der Waals surface area contributed by atoms with Crippen molar-refractivity contribution < 1.29 is 8.91 Å². The number of hydrogen-bond donors (Lipinski definition) is 1. The standard InChI is InChI=1S/C12H17NO/c1-3-7-12(13-10(2)14)11-8-5-4-6-9-11/h4-6,8-9,12H,3,7H2,1-2H3,(H,13,14)/t12-/m1/s1/i2D3. The zero-order chi connectivity index (χ0) is 12.9. The third kappa shape index (κ3) is 3.21. The fraction of sp³-hybridized carbons (Fsp3) is 0.417. The molecule has 0 aromatic heterocycles. The second kappa shape index (κ2) is 5.43. The van der Waals surface area contributed by atoms with E-state index in [1.807, 2.05) is 37.3 Å². The van der Waals surface area contributed by atoms with Crippen LogP contribution in [0.3, 0.4) is 0 Å². The van der Waals surface area contributed by atoms with Crippen molar-refractivity contribution in [1.29, 1.82) is 0 Å². The highest BCUT2D eigenvalue weighted by molar-refractivity contribution is 5.73. The second-order valence-electron chi connectivity index (χ2n) is 3.23. The van der Waals surface area contributed by atoms with Crippen molar-refractivity contribution in [1.82, 2.24) is 5.32 Å². The zero-order valence-electron chi connectivity index (χ0n) is 11.3. The highest BCUT2D eigenvalue weighted by Gasteiger charge is 2.10. The maximum atomic E-state index is 11.4. The van der Waals surface area contributed by atoms with E-state index in [0.29, 0.717) is 0 Å². The van der Waals surface area contributed by atoms with E-state index in [2.05, 4.69) is 5.32 Å². The van der Waals surface area contributed by atoms with Gasteiger partial charge in [0.15, 0.2) is 0 Å². The predicted octanol–water partition coefficient (Wildman–Crippen LogP) is 2.66. The van der Waals surface area contributed by atoms with E-state index in [0.717, 1.165) is 18.4 Å². The molecule has 0 aliphatic carbocycles. The Bertz CT molecular complexity index is 362. The number of carbonyl (C=O) groups excluding carboxylic acids is 1. The first-order chi connectivity index (χ1) is 7.95. The number of hydrogen-bond acceptors (Lipinski definition) is 1. The van der Waals surface area contributed by atoms with Crippen LogP contribution in [0.4, 0.5) is 0 Å². The summed E-state index contributed by atoms with van der Waals surface area (Å²) >= 11 is 0. The summed E-state index contributed by atoms with van der Waals surface area (Å²) in [7, 11) is 0. The third-order valence-electron chi connectivity index (χ3n) is 2.08. The second-order valence-corrected chi connectivity index (χ2v) is 3.23. The Kier molecular flexibility index (Phi) is 2.73. The van der Waals surface area contributed by atoms with Crippen molar-refractivity contribution in [2.24, 2.45) is 0 Å². The van der Waals surface area contributed by atoms with Crippen LogP contribution in [0.15, 0.2) is 30.3 Å². The predicted molar refractivity (Wildman–Crippen MR) is 57.9 cm³/mol. The fourth-order valence-electron chi connectivity index (χ4n) is 1.45. The molecule has 0 aliphatic heterocycles. The lowest BCUT2D eigenvalue weighted by Gasteiger charge is -2.17. The average Bonchev–Trinajstić information content (AvgIpc) is 2.28. The van der Waals surface area contributed by atoms with Crippen LogP contribution in [0.5, 0.6) is 0 Å². The summed E-state index contributed by atoms with van der Waals surface area (Å²) in [6.45, 7) is -0.585. The lowest BCUT2D eigenvalue weighted by atomic mass is 10.0. The molecule has 0 aliphatic rings. The topological polar surface area (TPSA) is 29.1 Å².